The van der Waals surface area contributed by atoms with Gasteiger partial charge in [-0.1, -0.05) is 121 Å². The number of hydrogen-bond donors (Lipinski definition) is 0. The van der Waals surface area contributed by atoms with Crippen molar-refractivity contribution >= 4 is 54.4 Å². The summed E-state index contributed by atoms with van der Waals surface area (Å²) in [4.78, 5) is 20.8. The predicted octanol–water partition coefficient (Wildman–Crippen LogP) is 12.3. The largest absolute Gasteiger partial charge is 0.245 e. The SMILES string of the molecule is Cc1ccccc1-c1ccc2ccc3ccc(-c4ccc5ccc(-c6ccc7ccc8ccc(-c9ccccc9C)nc8c7n6)cc5c4)nc3c2n1. The van der Waals surface area contributed by atoms with Crippen molar-refractivity contribution < 1.29 is 0 Å². The topological polar surface area (TPSA) is 51.6 Å². The molecular weight excluding hydrogens is 633 g/mol. The van der Waals surface area contributed by atoms with Gasteiger partial charge < -0.3 is 0 Å². The van der Waals surface area contributed by atoms with E-state index in [4.69, 9.17) is 19.9 Å². The molecule has 0 saturated carbocycles. The Hall–Kier alpha value is -6.78. The molecule has 0 atom stereocenters. The van der Waals surface area contributed by atoms with E-state index in [2.05, 4.69) is 172 Å². The van der Waals surface area contributed by atoms with Crippen molar-refractivity contribution in [1.29, 1.82) is 0 Å². The van der Waals surface area contributed by atoms with Crippen LogP contribution in [0.1, 0.15) is 11.1 Å². The zero-order chi connectivity index (χ0) is 34.8. The first-order valence-electron chi connectivity index (χ1n) is 17.6. The number of hydrogen-bond acceptors (Lipinski definition) is 4. The second kappa shape index (κ2) is 11.9. The highest BCUT2D eigenvalue weighted by Crippen LogP contribution is 2.33. The van der Waals surface area contributed by atoms with Gasteiger partial charge in [0.25, 0.3) is 0 Å². The lowest BCUT2D eigenvalue weighted by atomic mass is 10.00. The highest BCUT2D eigenvalue weighted by Gasteiger charge is 2.13. The number of pyridine rings is 4. The third-order valence-electron chi connectivity index (χ3n) is 10.3. The summed E-state index contributed by atoms with van der Waals surface area (Å²) in [5.74, 6) is 0. The quantitative estimate of drug-likeness (QED) is 0.176. The van der Waals surface area contributed by atoms with Gasteiger partial charge in [-0.15, -0.1) is 0 Å². The smallest absolute Gasteiger partial charge is 0.0972 e. The summed E-state index contributed by atoms with van der Waals surface area (Å²) in [5.41, 5.74) is 14.2. The van der Waals surface area contributed by atoms with Crippen molar-refractivity contribution in [3.05, 3.63) is 169 Å². The molecule has 0 amide bonds. The summed E-state index contributed by atoms with van der Waals surface area (Å²) < 4.78 is 0. The molecule has 0 saturated heterocycles. The summed E-state index contributed by atoms with van der Waals surface area (Å²) >= 11 is 0. The van der Waals surface area contributed by atoms with Crippen molar-refractivity contribution in [2.24, 2.45) is 0 Å². The Kier molecular flexibility index (Phi) is 6.90. The molecule has 0 fully saturated rings. The molecule has 0 N–H and O–H groups in total. The van der Waals surface area contributed by atoms with Gasteiger partial charge in [-0.2, -0.15) is 0 Å². The van der Waals surface area contributed by atoms with E-state index in [1.165, 1.54) is 16.5 Å². The van der Waals surface area contributed by atoms with Gasteiger partial charge in [0, 0.05) is 43.8 Å². The van der Waals surface area contributed by atoms with E-state index in [-0.39, 0.29) is 0 Å². The third kappa shape index (κ3) is 5.07. The monoisotopic (exact) mass is 664 g/mol. The normalized spacial score (nSPS) is 11.7. The van der Waals surface area contributed by atoms with Gasteiger partial charge in [-0.05, 0) is 72.1 Å². The van der Waals surface area contributed by atoms with Crippen LogP contribution in [0.2, 0.25) is 0 Å². The van der Waals surface area contributed by atoms with E-state index in [1.54, 1.807) is 0 Å². The Labute approximate surface area is 301 Å². The zero-order valence-electron chi connectivity index (χ0n) is 28.8. The van der Waals surface area contributed by atoms with E-state index in [9.17, 15) is 0 Å². The first-order valence-corrected chi connectivity index (χ1v) is 17.6. The van der Waals surface area contributed by atoms with Gasteiger partial charge in [0.1, 0.15) is 0 Å². The van der Waals surface area contributed by atoms with Crippen LogP contribution in [0.25, 0.3) is 99.4 Å². The molecule has 0 aliphatic carbocycles. The summed E-state index contributed by atoms with van der Waals surface area (Å²) in [6.45, 7) is 4.26. The molecule has 4 heteroatoms. The lowest BCUT2D eigenvalue weighted by molar-refractivity contribution is 1.35. The van der Waals surface area contributed by atoms with Crippen molar-refractivity contribution in [3.8, 4) is 45.0 Å². The van der Waals surface area contributed by atoms with Gasteiger partial charge >= 0.3 is 0 Å². The van der Waals surface area contributed by atoms with Gasteiger partial charge in [-0.25, -0.2) is 19.9 Å². The summed E-state index contributed by atoms with van der Waals surface area (Å²) in [5, 5.41) is 6.60. The lowest BCUT2D eigenvalue weighted by Crippen LogP contribution is -1.92. The average molecular weight is 665 g/mol. The van der Waals surface area contributed by atoms with Crippen molar-refractivity contribution in [3.63, 3.8) is 0 Å². The standard InChI is InChI=1S/C48H32N4/c1-29-7-3-5-9-39(29)43-25-21-34-15-13-32-19-23-41(49-45(32)47(34)51-43)36-17-11-31-12-18-37(28-38(31)27-36)42-24-20-33-14-16-35-22-26-44(52-48(35)46(33)50-42)40-10-6-4-8-30(40)2/h3-28H,1-2H3. The molecule has 0 bridgehead atoms. The maximum atomic E-state index is 5.23. The van der Waals surface area contributed by atoms with Crippen molar-refractivity contribution in [2.75, 3.05) is 0 Å². The second-order valence-electron chi connectivity index (χ2n) is 13.6. The second-order valence-corrected chi connectivity index (χ2v) is 13.6. The minimum atomic E-state index is 0.908. The maximum Gasteiger partial charge on any atom is 0.0972 e. The number of nitrogens with zero attached hydrogens (tertiary/aromatic N) is 4. The molecule has 4 aromatic heterocycles. The van der Waals surface area contributed by atoms with Crippen LogP contribution in [0.3, 0.4) is 0 Å². The molecule has 10 aromatic rings. The molecular formula is C48H32N4. The Morgan fingerprint density at radius 3 is 1.02 bits per heavy atom. The molecule has 0 aliphatic heterocycles. The maximum absolute atomic E-state index is 5.23. The molecule has 0 spiro atoms. The number of rotatable bonds is 4. The van der Waals surface area contributed by atoms with E-state index in [0.29, 0.717) is 0 Å². The fourth-order valence-electron chi connectivity index (χ4n) is 7.44. The summed E-state index contributed by atoms with van der Waals surface area (Å²) in [7, 11) is 0. The molecule has 10 rings (SSSR count). The molecule has 0 unspecified atom stereocenters. The summed E-state index contributed by atoms with van der Waals surface area (Å²) in [6.07, 6.45) is 0. The van der Waals surface area contributed by atoms with Crippen molar-refractivity contribution in [2.45, 2.75) is 13.8 Å². The molecule has 0 aliphatic rings. The van der Waals surface area contributed by atoms with Crippen LogP contribution < -0.4 is 0 Å². The highest BCUT2D eigenvalue weighted by molar-refractivity contribution is 6.05. The van der Waals surface area contributed by atoms with Crippen LogP contribution >= 0.6 is 0 Å². The molecule has 4 heterocycles. The highest BCUT2D eigenvalue weighted by atomic mass is 14.8. The fourth-order valence-corrected chi connectivity index (χ4v) is 7.44. The minimum absolute atomic E-state index is 0.908. The van der Waals surface area contributed by atoms with Gasteiger partial charge in [0.15, 0.2) is 0 Å². The number of aromatic nitrogens is 4. The Morgan fingerprint density at radius 2 is 0.615 bits per heavy atom. The fraction of sp³-hybridized carbons (Fsp3) is 0.0417. The van der Waals surface area contributed by atoms with Crippen LogP contribution in [-0.4, -0.2) is 19.9 Å². The number of aryl methyl sites for hydroxylation is 2. The predicted molar refractivity (Wildman–Crippen MR) is 216 cm³/mol. The van der Waals surface area contributed by atoms with Crippen molar-refractivity contribution in [1.82, 2.24) is 19.9 Å². The average Bonchev–Trinajstić information content (AvgIpc) is 3.20. The molecule has 0 radical (unpaired) electrons. The number of benzene rings is 6. The van der Waals surface area contributed by atoms with Crippen LogP contribution in [0.4, 0.5) is 0 Å². The molecule has 244 valence electrons. The molecule has 52 heavy (non-hydrogen) atoms. The Bertz CT molecular complexity index is 2850. The zero-order valence-corrected chi connectivity index (χ0v) is 28.8. The summed E-state index contributed by atoms with van der Waals surface area (Å²) in [6, 6.07) is 55.5. The lowest BCUT2D eigenvalue weighted by Gasteiger charge is -2.11. The molecule has 6 aromatic carbocycles. The van der Waals surface area contributed by atoms with Gasteiger partial charge in [0.2, 0.25) is 0 Å². The first-order chi connectivity index (χ1) is 25.6. The van der Waals surface area contributed by atoms with E-state index >= 15 is 0 Å². The Balaban J connectivity index is 1.06. The van der Waals surface area contributed by atoms with Gasteiger partial charge in [0.05, 0.1) is 44.8 Å². The first kappa shape index (κ1) is 30.1. The minimum Gasteiger partial charge on any atom is -0.245 e. The number of fused-ring (bicyclic) bond motifs is 7. The Morgan fingerprint density at radius 1 is 0.288 bits per heavy atom. The van der Waals surface area contributed by atoms with Crippen LogP contribution in [0.5, 0.6) is 0 Å². The van der Waals surface area contributed by atoms with Crippen LogP contribution in [0.15, 0.2) is 158 Å². The van der Waals surface area contributed by atoms with E-state index in [1.807, 2.05) is 0 Å². The van der Waals surface area contributed by atoms with Crippen LogP contribution in [0, 0.1) is 13.8 Å². The van der Waals surface area contributed by atoms with E-state index in [0.717, 1.165) is 94.0 Å². The van der Waals surface area contributed by atoms with Crippen LogP contribution in [-0.2, 0) is 0 Å². The molecule has 4 nitrogen and oxygen atoms in total. The van der Waals surface area contributed by atoms with E-state index < -0.39 is 0 Å². The third-order valence-corrected chi connectivity index (χ3v) is 10.3. The van der Waals surface area contributed by atoms with Gasteiger partial charge in [-0.3, -0.25) is 0 Å².